The highest BCUT2D eigenvalue weighted by atomic mass is 32.1. The molecule has 3 aromatic rings. The largest absolute Gasteiger partial charge is 0.497 e. The Kier molecular flexibility index (Phi) is 4.21. The van der Waals surface area contributed by atoms with Crippen molar-refractivity contribution in [3.63, 3.8) is 0 Å². The van der Waals surface area contributed by atoms with Gasteiger partial charge in [-0.15, -0.1) is 11.3 Å². The van der Waals surface area contributed by atoms with Crippen molar-refractivity contribution in [1.82, 2.24) is 9.55 Å². The third kappa shape index (κ3) is 2.80. The van der Waals surface area contributed by atoms with Gasteiger partial charge >= 0.3 is 0 Å². The van der Waals surface area contributed by atoms with Gasteiger partial charge in [-0.1, -0.05) is 0 Å². The van der Waals surface area contributed by atoms with E-state index in [1.807, 2.05) is 18.2 Å². The molecule has 5 nitrogen and oxygen atoms in total. The van der Waals surface area contributed by atoms with Crippen LogP contribution >= 0.6 is 11.3 Å². The molecule has 130 valence electrons. The number of ether oxygens (including phenoxy) is 2. The van der Waals surface area contributed by atoms with Crippen molar-refractivity contribution in [2.75, 3.05) is 14.2 Å². The van der Waals surface area contributed by atoms with Crippen LogP contribution in [0.5, 0.6) is 11.5 Å². The lowest BCUT2D eigenvalue weighted by Gasteiger charge is -2.13. The average molecular weight is 356 g/mol. The number of aromatic nitrogens is 2. The zero-order chi connectivity index (χ0) is 17.4. The first kappa shape index (κ1) is 16.1. The van der Waals surface area contributed by atoms with E-state index in [1.165, 1.54) is 16.9 Å². The third-order valence-corrected chi connectivity index (χ3v) is 5.97. The van der Waals surface area contributed by atoms with Crippen LogP contribution < -0.4 is 15.0 Å². The molecule has 25 heavy (non-hydrogen) atoms. The average Bonchev–Trinajstić information content (AvgIpc) is 3.03. The molecule has 0 unspecified atom stereocenters. The molecule has 1 aromatic carbocycles. The Bertz CT molecular complexity index is 990. The minimum absolute atomic E-state index is 0.0364. The van der Waals surface area contributed by atoms with Crippen LogP contribution in [0.2, 0.25) is 0 Å². The van der Waals surface area contributed by atoms with Gasteiger partial charge in [-0.2, -0.15) is 0 Å². The first-order valence-corrected chi connectivity index (χ1v) is 9.23. The zero-order valence-corrected chi connectivity index (χ0v) is 15.2. The summed E-state index contributed by atoms with van der Waals surface area (Å²) < 4.78 is 12.4. The molecule has 0 atom stereocenters. The Morgan fingerprint density at radius 2 is 2.04 bits per heavy atom. The Morgan fingerprint density at radius 3 is 2.84 bits per heavy atom. The molecule has 0 spiro atoms. The van der Waals surface area contributed by atoms with Crippen LogP contribution in [-0.2, 0) is 19.4 Å². The van der Waals surface area contributed by atoms with E-state index in [2.05, 4.69) is 4.98 Å². The standard InChI is InChI=1S/C19H20N2O3S/c1-23-13-7-8-15(24-2)12(9-13)10-21-11-20-18-17(19(21)22)14-5-3-4-6-16(14)25-18/h7-9,11H,3-6,10H2,1-2H3. The molecule has 0 amide bonds. The maximum atomic E-state index is 13.1. The Balaban J connectivity index is 1.80. The molecule has 2 aromatic heterocycles. The highest BCUT2D eigenvalue weighted by Gasteiger charge is 2.20. The molecule has 0 saturated carbocycles. The van der Waals surface area contributed by atoms with E-state index in [0.717, 1.165) is 46.5 Å². The second-order valence-electron chi connectivity index (χ2n) is 6.25. The van der Waals surface area contributed by atoms with Crippen molar-refractivity contribution in [3.05, 3.63) is 50.9 Å². The van der Waals surface area contributed by atoms with Crippen LogP contribution in [0.1, 0.15) is 28.8 Å². The predicted octanol–water partition coefficient (Wildman–Crippen LogP) is 3.40. The van der Waals surface area contributed by atoms with Gasteiger partial charge < -0.3 is 9.47 Å². The number of fused-ring (bicyclic) bond motifs is 3. The van der Waals surface area contributed by atoms with Crippen LogP contribution in [0.3, 0.4) is 0 Å². The number of aryl methyl sites for hydroxylation is 2. The van der Waals surface area contributed by atoms with Crippen LogP contribution in [0.25, 0.3) is 10.2 Å². The summed E-state index contributed by atoms with van der Waals surface area (Å²) in [5, 5.41) is 0.809. The van der Waals surface area contributed by atoms with Crippen molar-refractivity contribution in [2.45, 2.75) is 32.2 Å². The quantitative estimate of drug-likeness (QED) is 0.719. The number of rotatable bonds is 4. The van der Waals surface area contributed by atoms with Gasteiger partial charge in [0.2, 0.25) is 0 Å². The van der Waals surface area contributed by atoms with E-state index in [-0.39, 0.29) is 5.56 Å². The van der Waals surface area contributed by atoms with Crippen LogP contribution in [0, 0.1) is 0 Å². The van der Waals surface area contributed by atoms with Gasteiger partial charge in [0.25, 0.3) is 5.56 Å². The summed E-state index contributed by atoms with van der Waals surface area (Å²) in [7, 11) is 3.26. The lowest BCUT2D eigenvalue weighted by Crippen LogP contribution is -2.22. The predicted molar refractivity (Wildman–Crippen MR) is 99.2 cm³/mol. The van der Waals surface area contributed by atoms with Gasteiger partial charge in [0, 0.05) is 10.4 Å². The van der Waals surface area contributed by atoms with E-state index >= 15 is 0 Å². The van der Waals surface area contributed by atoms with Gasteiger partial charge in [-0.05, 0) is 49.4 Å². The summed E-state index contributed by atoms with van der Waals surface area (Å²) in [5.74, 6) is 1.48. The van der Waals surface area contributed by atoms with Gasteiger partial charge in [-0.25, -0.2) is 4.98 Å². The first-order chi connectivity index (χ1) is 12.2. The third-order valence-electron chi connectivity index (χ3n) is 4.77. The molecule has 1 aliphatic carbocycles. The summed E-state index contributed by atoms with van der Waals surface area (Å²) in [5.41, 5.74) is 2.15. The number of hydrogen-bond donors (Lipinski definition) is 0. The molecule has 0 bridgehead atoms. The van der Waals surface area contributed by atoms with Crippen molar-refractivity contribution >= 4 is 21.6 Å². The lowest BCUT2D eigenvalue weighted by atomic mass is 9.97. The monoisotopic (exact) mass is 356 g/mol. The lowest BCUT2D eigenvalue weighted by molar-refractivity contribution is 0.397. The maximum Gasteiger partial charge on any atom is 0.262 e. The molecule has 2 heterocycles. The normalized spacial score (nSPS) is 13.7. The fourth-order valence-corrected chi connectivity index (χ4v) is 4.70. The van der Waals surface area contributed by atoms with E-state index < -0.39 is 0 Å². The molecule has 0 N–H and O–H groups in total. The number of methoxy groups -OCH3 is 2. The van der Waals surface area contributed by atoms with Crippen molar-refractivity contribution in [3.8, 4) is 11.5 Å². The van der Waals surface area contributed by atoms with E-state index in [9.17, 15) is 4.79 Å². The van der Waals surface area contributed by atoms with Crippen molar-refractivity contribution < 1.29 is 9.47 Å². The number of thiophene rings is 1. The molecular formula is C19H20N2O3S. The van der Waals surface area contributed by atoms with Crippen molar-refractivity contribution in [2.24, 2.45) is 0 Å². The molecule has 0 fully saturated rings. The minimum Gasteiger partial charge on any atom is -0.497 e. The van der Waals surface area contributed by atoms with Crippen LogP contribution in [-0.4, -0.2) is 23.8 Å². The van der Waals surface area contributed by atoms with Gasteiger partial charge in [0.05, 0.1) is 32.5 Å². The Morgan fingerprint density at radius 1 is 1.20 bits per heavy atom. The smallest absolute Gasteiger partial charge is 0.262 e. The highest BCUT2D eigenvalue weighted by molar-refractivity contribution is 7.18. The highest BCUT2D eigenvalue weighted by Crippen LogP contribution is 2.33. The SMILES string of the molecule is COc1ccc(OC)c(Cn2cnc3sc4c(c3c2=O)CCCC4)c1. The minimum atomic E-state index is 0.0364. The van der Waals surface area contributed by atoms with Crippen LogP contribution in [0.15, 0.2) is 29.3 Å². The van der Waals surface area contributed by atoms with E-state index in [0.29, 0.717) is 6.54 Å². The summed E-state index contributed by atoms with van der Waals surface area (Å²) >= 11 is 1.67. The zero-order valence-electron chi connectivity index (χ0n) is 14.4. The maximum absolute atomic E-state index is 13.1. The molecule has 4 rings (SSSR count). The first-order valence-electron chi connectivity index (χ1n) is 8.42. The van der Waals surface area contributed by atoms with Gasteiger partial charge in [-0.3, -0.25) is 9.36 Å². The number of nitrogens with zero attached hydrogens (tertiary/aromatic N) is 2. The molecule has 0 saturated heterocycles. The topological polar surface area (TPSA) is 53.4 Å². The summed E-state index contributed by atoms with van der Waals surface area (Å²) in [6, 6.07) is 5.61. The fourth-order valence-electron chi connectivity index (χ4n) is 3.48. The van der Waals surface area contributed by atoms with Gasteiger partial charge in [0.15, 0.2) is 0 Å². The summed E-state index contributed by atoms with van der Waals surface area (Å²) in [6.45, 7) is 0.409. The van der Waals surface area contributed by atoms with E-state index in [4.69, 9.17) is 9.47 Å². The van der Waals surface area contributed by atoms with Crippen molar-refractivity contribution in [1.29, 1.82) is 0 Å². The molecule has 0 radical (unpaired) electrons. The second-order valence-corrected chi connectivity index (χ2v) is 7.33. The Hall–Kier alpha value is -2.34. The molecule has 1 aliphatic rings. The van der Waals surface area contributed by atoms with Crippen LogP contribution in [0.4, 0.5) is 0 Å². The summed E-state index contributed by atoms with van der Waals surface area (Å²) in [6.07, 6.45) is 6.05. The van der Waals surface area contributed by atoms with Gasteiger partial charge in [0.1, 0.15) is 16.3 Å². The number of benzene rings is 1. The summed E-state index contributed by atoms with van der Waals surface area (Å²) in [4.78, 5) is 19.8. The fraction of sp³-hybridized carbons (Fsp3) is 0.368. The second kappa shape index (κ2) is 6.52. The molecule has 0 aliphatic heterocycles. The molecular weight excluding hydrogens is 336 g/mol. The number of hydrogen-bond acceptors (Lipinski definition) is 5. The van der Waals surface area contributed by atoms with E-state index in [1.54, 1.807) is 36.5 Å². The molecule has 6 heteroatoms. The Labute approximate surface area is 149 Å².